The Morgan fingerprint density at radius 2 is 1.70 bits per heavy atom. The molecular weight excluding hydrogens is 399 g/mol. The molecule has 0 saturated carbocycles. The van der Waals surface area contributed by atoms with Crippen LogP contribution in [-0.4, -0.2) is 21.5 Å². The Balaban J connectivity index is 1.67. The standard InChI is InChI=1S/C24H30ClFN4/c1-2-3-4-5-6-10-16-27-17-23-24(19-12-8-7-9-13-19)29-30(28-23)18-20-21(25)14-11-15-22(20)26/h7-9,11-15,27H,2-6,10,16-18H2,1H3. The molecule has 0 saturated heterocycles. The summed E-state index contributed by atoms with van der Waals surface area (Å²) in [6.07, 6.45) is 7.61. The van der Waals surface area contributed by atoms with Gasteiger partial charge in [0.2, 0.25) is 0 Å². The average molecular weight is 429 g/mol. The van der Waals surface area contributed by atoms with Crippen molar-refractivity contribution in [2.24, 2.45) is 0 Å². The van der Waals surface area contributed by atoms with Crippen molar-refractivity contribution in [1.82, 2.24) is 20.3 Å². The van der Waals surface area contributed by atoms with E-state index in [-0.39, 0.29) is 12.4 Å². The molecule has 0 amide bonds. The maximum absolute atomic E-state index is 14.2. The number of hydrogen-bond donors (Lipinski definition) is 1. The van der Waals surface area contributed by atoms with Gasteiger partial charge < -0.3 is 5.32 Å². The van der Waals surface area contributed by atoms with Crippen molar-refractivity contribution in [2.45, 2.75) is 58.5 Å². The molecular formula is C24H30ClFN4. The first-order valence-electron chi connectivity index (χ1n) is 10.8. The normalized spacial score (nSPS) is 11.2. The van der Waals surface area contributed by atoms with Crippen LogP contribution >= 0.6 is 11.6 Å². The zero-order valence-electron chi connectivity index (χ0n) is 17.6. The Morgan fingerprint density at radius 3 is 2.47 bits per heavy atom. The van der Waals surface area contributed by atoms with Crippen LogP contribution in [-0.2, 0) is 13.1 Å². The van der Waals surface area contributed by atoms with Crippen LogP contribution in [0.1, 0.15) is 56.7 Å². The van der Waals surface area contributed by atoms with E-state index in [0.29, 0.717) is 17.1 Å². The second-order valence-corrected chi connectivity index (χ2v) is 7.94. The van der Waals surface area contributed by atoms with Gasteiger partial charge in [-0.2, -0.15) is 15.0 Å². The minimum absolute atomic E-state index is 0.197. The highest BCUT2D eigenvalue weighted by Gasteiger charge is 2.15. The summed E-state index contributed by atoms with van der Waals surface area (Å²) in [5.74, 6) is -0.344. The van der Waals surface area contributed by atoms with Gasteiger partial charge in [-0.1, -0.05) is 87.0 Å². The molecule has 0 fully saturated rings. The van der Waals surface area contributed by atoms with E-state index in [0.717, 1.165) is 29.9 Å². The molecule has 0 aliphatic rings. The van der Waals surface area contributed by atoms with Crippen LogP contribution in [0.4, 0.5) is 4.39 Å². The van der Waals surface area contributed by atoms with Crippen LogP contribution < -0.4 is 5.32 Å². The average Bonchev–Trinajstić information content (AvgIpc) is 3.16. The SMILES string of the molecule is CCCCCCCCNCc1nn(Cc2c(F)cccc2Cl)nc1-c1ccccc1. The Kier molecular flexibility index (Phi) is 8.84. The van der Waals surface area contributed by atoms with Gasteiger partial charge >= 0.3 is 0 Å². The second-order valence-electron chi connectivity index (χ2n) is 7.54. The van der Waals surface area contributed by atoms with Crippen molar-refractivity contribution in [3.8, 4) is 11.3 Å². The number of nitrogens with zero attached hydrogens (tertiary/aromatic N) is 3. The predicted molar refractivity (Wildman–Crippen MR) is 121 cm³/mol. The maximum Gasteiger partial charge on any atom is 0.129 e. The summed E-state index contributed by atoms with van der Waals surface area (Å²) in [7, 11) is 0. The Morgan fingerprint density at radius 1 is 0.933 bits per heavy atom. The van der Waals surface area contributed by atoms with Crippen LogP contribution in [0.15, 0.2) is 48.5 Å². The molecule has 0 aliphatic carbocycles. The Labute approximate surface area is 183 Å². The van der Waals surface area contributed by atoms with Gasteiger partial charge in [-0.05, 0) is 25.1 Å². The van der Waals surface area contributed by atoms with E-state index in [4.69, 9.17) is 11.6 Å². The Hall–Kier alpha value is -2.24. The van der Waals surface area contributed by atoms with Gasteiger partial charge in [-0.15, -0.1) is 0 Å². The monoisotopic (exact) mass is 428 g/mol. The molecule has 30 heavy (non-hydrogen) atoms. The van der Waals surface area contributed by atoms with Crippen molar-refractivity contribution in [3.05, 3.63) is 70.6 Å². The summed E-state index contributed by atoms with van der Waals surface area (Å²) in [6.45, 7) is 4.01. The lowest BCUT2D eigenvalue weighted by molar-refractivity contribution is 0.538. The van der Waals surface area contributed by atoms with E-state index >= 15 is 0 Å². The minimum Gasteiger partial charge on any atom is -0.311 e. The topological polar surface area (TPSA) is 42.7 Å². The first-order chi connectivity index (χ1) is 14.7. The van der Waals surface area contributed by atoms with Gasteiger partial charge in [0.05, 0.1) is 6.54 Å². The molecule has 4 nitrogen and oxygen atoms in total. The summed E-state index contributed by atoms with van der Waals surface area (Å²) in [5.41, 5.74) is 3.08. The van der Waals surface area contributed by atoms with E-state index in [1.165, 1.54) is 43.0 Å². The van der Waals surface area contributed by atoms with Gasteiger partial charge in [0.25, 0.3) is 0 Å². The van der Waals surface area contributed by atoms with Gasteiger partial charge in [-0.3, -0.25) is 0 Å². The summed E-state index contributed by atoms with van der Waals surface area (Å²) >= 11 is 6.19. The molecule has 1 heterocycles. The van der Waals surface area contributed by atoms with Crippen molar-refractivity contribution in [3.63, 3.8) is 0 Å². The fourth-order valence-electron chi connectivity index (χ4n) is 3.45. The third kappa shape index (κ3) is 6.38. The van der Waals surface area contributed by atoms with Crippen molar-refractivity contribution >= 4 is 11.6 Å². The summed E-state index contributed by atoms with van der Waals surface area (Å²) < 4.78 is 14.2. The number of halogens is 2. The lowest BCUT2D eigenvalue weighted by atomic mass is 10.1. The molecule has 3 aromatic rings. The molecule has 6 heteroatoms. The lowest BCUT2D eigenvalue weighted by Gasteiger charge is -2.05. The van der Waals surface area contributed by atoms with Crippen molar-refractivity contribution < 1.29 is 4.39 Å². The Bertz CT molecular complexity index is 891. The fourth-order valence-corrected chi connectivity index (χ4v) is 3.68. The van der Waals surface area contributed by atoms with E-state index in [1.54, 1.807) is 12.1 Å². The zero-order valence-corrected chi connectivity index (χ0v) is 18.3. The smallest absolute Gasteiger partial charge is 0.129 e. The molecule has 0 aliphatic heterocycles. The van der Waals surface area contributed by atoms with Gasteiger partial charge in [0.1, 0.15) is 17.2 Å². The molecule has 3 rings (SSSR count). The fraction of sp³-hybridized carbons (Fsp3) is 0.417. The number of aromatic nitrogens is 3. The molecule has 1 aromatic heterocycles. The summed E-state index contributed by atoms with van der Waals surface area (Å²) in [5, 5.41) is 13.2. The number of nitrogens with one attached hydrogen (secondary N) is 1. The van der Waals surface area contributed by atoms with E-state index in [1.807, 2.05) is 30.3 Å². The quantitative estimate of drug-likeness (QED) is 0.347. The highest BCUT2D eigenvalue weighted by molar-refractivity contribution is 6.31. The van der Waals surface area contributed by atoms with Crippen molar-refractivity contribution in [1.29, 1.82) is 0 Å². The zero-order chi connectivity index (χ0) is 21.2. The molecule has 160 valence electrons. The molecule has 0 spiro atoms. The predicted octanol–water partition coefficient (Wildman–Crippen LogP) is 6.24. The lowest BCUT2D eigenvalue weighted by Crippen LogP contribution is -2.16. The largest absolute Gasteiger partial charge is 0.311 e. The number of rotatable bonds is 12. The second kappa shape index (κ2) is 11.8. The number of hydrogen-bond acceptors (Lipinski definition) is 3. The highest BCUT2D eigenvalue weighted by atomic mass is 35.5. The van der Waals surface area contributed by atoms with E-state index < -0.39 is 0 Å². The summed E-state index contributed by atoms with van der Waals surface area (Å²) in [6, 6.07) is 14.7. The van der Waals surface area contributed by atoms with Crippen LogP contribution in [0.5, 0.6) is 0 Å². The van der Waals surface area contributed by atoms with Gasteiger partial charge in [0, 0.05) is 22.7 Å². The molecule has 2 aromatic carbocycles. The van der Waals surface area contributed by atoms with Crippen molar-refractivity contribution in [2.75, 3.05) is 6.54 Å². The third-order valence-corrected chi connectivity index (χ3v) is 5.49. The first kappa shape index (κ1) is 22.4. The van der Waals surface area contributed by atoms with Crippen LogP contribution in [0.3, 0.4) is 0 Å². The van der Waals surface area contributed by atoms with Crippen LogP contribution in [0.25, 0.3) is 11.3 Å². The van der Waals surface area contributed by atoms with E-state index in [2.05, 4.69) is 22.4 Å². The van der Waals surface area contributed by atoms with Gasteiger partial charge in [0.15, 0.2) is 0 Å². The first-order valence-corrected chi connectivity index (χ1v) is 11.2. The molecule has 0 atom stereocenters. The number of benzene rings is 2. The minimum atomic E-state index is -0.344. The third-order valence-electron chi connectivity index (χ3n) is 5.13. The molecule has 1 N–H and O–H groups in total. The maximum atomic E-state index is 14.2. The molecule has 0 radical (unpaired) electrons. The van der Waals surface area contributed by atoms with E-state index in [9.17, 15) is 4.39 Å². The van der Waals surface area contributed by atoms with Gasteiger partial charge in [-0.25, -0.2) is 4.39 Å². The van der Waals surface area contributed by atoms with Crippen LogP contribution in [0, 0.1) is 5.82 Å². The number of unbranched alkanes of at least 4 members (excludes halogenated alkanes) is 5. The molecule has 0 unspecified atom stereocenters. The summed E-state index contributed by atoms with van der Waals surface area (Å²) in [4.78, 5) is 1.54. The highest BCUT2D eigenvalue weighted by Crippen LogP contribution is 2.23. The van der Waals surface area contributed by atoms with Crippen LogP contribution in [0.2, 0.25) is 5.02 Å². The molecule has 0 bridgehead atoms.